The topological polar surface area (TPSA) is 38.3 Å². The molecule has 0 heterocycles. The molecule has 0 saturated heterocycles. The van der Waals surface area contributed by atoms with Crippen molar-refractivity contribution in [3.8, 4) is 0 Å². The van der Waals surface area contributed by atoms with Gasteiger partial charge in [-0.1, -0.05) is 24.8 Å². The summed E-state index contributed by atoms with van der Waals surface area (Å²) in [5.74, 6) is -0.409. The van der Waals surface area contributed by atoms with E-state index in [1.807, 2.05) is 30.3 Å². The number of hydrogen-bond donors (Lipinski definition) is 1. The lowest BCUT2D eigenvalue weighted by atomic mass is 10.3. The van der Waals surface area contributed by atoms with E-state index in [2.05, 4.69) is 16.6 Å². The number of hydrogen-bond acceptors (Lipinski definition) is 3. The molecule has 0 aromatic heterocycles. The van der Waals surface area contributed by atoms with E-state index in [0.717, 1.165) is 11.9 Å². The van der Waals surface area contributed by atoms with Gasteiger partial charge in [0.25, 0.3) is 0 Å². The summed E-state index contributed by atoms with van der Waals surface area (Å²) in [7, 11) is 0. The Morgan fingerprint density at radius 1 is 1.40 bits per heavy atom. The number of benzene rings is 1. The molecule has 0 aliphatic rings. The minimum absolute atomic E-state index is 0.409. The molecule has 0 fully saturated rings. The highest BCUT2D eigenvalue weighted by atomic mass is 16.5. The third-order valence-electron chi connectivity index (χ3n) is 1.74. The summed E-state index contributed by atoms with van der Waals surface area (Å²) in [6.07, 6.45) is 2.71. The van der Waals surface area contributed by atoms with Gasteiger partial charge in [-0.3, -0.25) is 0 Å². The third-order valence-corrected chi connectivity index (χ3v) is 1.74. The average Bonchev–Trinajstić information content (AvgIpc) is 2.27. The molecule has 1 aromatic carbocycles. The van der Waals surface area contributed by atoms with Crippen molar-refractivity contribution < 1.29 is 9.53 Å². The summed E-state index contributed by atoms with van der Waals surface area (Å²) in [5.41, 5.74) is 1.40. The molecule has 0 unspecified atom stereocenters. The molecular formula is C12H13NO2. The summed E-state index contributed by atoms with van der Waals surface area (Å²) < 4.78 is 4.61. The number of carbonyl (C=O) groups is 1. The second-order valence-corrected chi connectivity index (χ2v) is 2.91. The molecule has 1 aromatic rings. The molecule has 0 aliphatic carbocycles. The zero-order valence-electron chi connectivity index (χ0n) is 8.57. The number of carbonyl (C=O) groups excluding carboxylic acids is 1. The molecule has 15 heavy (non-hydrogen) atoms. The molecule has 78 valence electrons. The summed E-state index contributed by atoms with van der Waals surface area (Å²) in [4.78, 5) is 11.2. The monoisotopic (exact) mass is 203 g/mol. The van der Waals surface area contributed by atoms with E-state index in [4.69, 9.17) is 0 Å². The lowest BCUT2D eigenvalue weighted by Gasteiger charge is -2.02. The summed E-state index contributed by atoms with van der Waals surface area (Å²) in [6.45, 7) is 4.98. The lowest BCUT2D eigenvalue weighted by Crippen LogP contribution is -2.02. The highest BCUT2D eigenvalue weighted by molar-refractivity contribution is 5.88. The van der Waals surface area contributed by atoms with Crippen molar-refractivity contribution in [2.45, 2.75) is 6.92 Å². The van der Waals surface area contributed by atoms with Crippen LogP contribution in [0.15, 0.2) is 54.9 Å². The van der Waals surface area contributed by atoms with Crippen LogP contribution in [0.3, 0.4) is 0 Å². The highest BCUT2D eigenvalue weighted by Crippen LogP contribution is 2.06. The number of anilines is 1. The van der Waals surface area contributed by atoms with Crippen LogP contribution in [0.25, 0.3) is 0 Å². The van der Waals surface area contributed by atoms with Crippen LogP contribution >= 0.6 is 0 Å². The van der Waals surface area contributed by atoms with E-state index in [1.54, 1.807) is 13.1 Å². The number of rotatable bonds is 4. The quantitative estimate of drug-likeness (QED) is 0.464. The summed E-state index contributed by atoms with van der Waals surface area (Å²) in [6, 6.07) is 9.56. The fourth-order valence-corrected chi connectivity index (χ4v) is 0.954. The maximum absolute atomic E-state index is 11.2. The first-order valence-corrected chi connectivity index (χ1v) is 4.54. The molecule has 0 saturated carbocycles. The van der Waals surface area contributed by atoms with Gasteiger partial charge in [0.1, 0.15) is 0 Å². The van der Waals surface area contributed by atoms with Crippen LogP contribution in [-0.2, 0) is 9.53 Å². The zero-order valence-corrected chi connectivity index (χ0v) is 8.57. The molecule has 3 heteroatoms. The fraction of sp³-hybridized carbons (Fsp3) is 0.0833. The smallest absolute Gasteiger partial charge is 0.339 e. The minimum atomic E-state index is -0.409. The van der Waals surface area contributed by atoms with Crippen molar-refractivity contribution in [2.24, 2.45) is 0 Å². The lowest BCUT2D eigenvalue weighted by molar-refractivity contribution is -0.133. The van der Waals surface area contributed by atoms with Gasteiger partial charge in [0, 0.05) is 11.9 Å². The van der Waals surface area contributed by atoms with Gasteiger partial charge in [-0.05, 0) is 19.1 Å². The van der Waals surface area contributed by atoms with Crippen molar-refractivity contribution >= 4 is 11.7 Å². The van der Waals surface area contributed by atoms with Crippen LogP contribution in [0.4, 0.5) is 5.69 Å². The summed E-state index contributed by atoms with van der Waals surface area (Å²) in [5, 5.41) is 2.99. The molecule has 0 aliphatic heterocycles. The van der Waals surface area contributed by atoms with Crippen molar-refractivity contribution in [2.75, 3.05) is 5.32 Å². The first kappa shape index (κ1) is 11.0. The van der Waals surface area contributed by atoms with Crippen LogP contribution in [0, 0.1) is 0 Å². The van der Waals surface area contributed by atoms with Crippen LogP contribution in [0.2, 0.25) is 0 Å². The Kier molecular flexibility index (Phi) is 4.16. The first-order chi connectivity index (χ1) is 7.24. The van der Waals surface area contributed by atoms with Gasteiger partial charge in [-0.2, -0.15) is 0 Å². The average molecular weight is 203 g/mol. The predicted octanol–water partition coefficient (Wildman–Crippen LogP) is 2.69. The molecule has 3 nitrogen and oxygen atoms in total. The second-order valence-electron chi connectivity index (χ2n) is 2.91. The van der Waals surface area contributed by atoms with Crippen LogP contribution in [0.5, 0.6) is 0 Å². The summed E-state index contributed by atoms with van der Waals surface area (Å²) >= 11 is 0. The van der Waals surface area contributed by atoms with Gasteiger partial charge >= 0.3 is 5.97 Å². The Morgan fingerprint density at radius 2 is 2.07 bits per heavy atom. The SMILES string of the molecule is C=COC(=O)C(C)=CNc1ccccc1. The van der Waals surface area contributed by atoms with Crippen LogP contribution in [-0.4, -0.2) is 5.97 Å². The van der Waals surface area contributed by atoms with E-state index in [-0.39, 0.29) is 0 Å². The Bertz CT molecular complexity index is 368. The molecule has 0 atom stereocenters. The Morgan fingerprint density at radius 3 is 2.67 bits per heavy atom. The molecule has 1 rings (SSSR count). The maximum atomic E-state index is 11.2. The van der Waals surface area contributed by atoms with Gasteiger partial charge in [0.15, 0.2) is 0 Å². The molecule has 0 spiro atoms. The normalized spacial score (nSPS) is 10.6. The van der Waals surface area contributed by atoms with Gasteiger partial charge in [0.05, 0.1) is 11.8 Å². The highest BCUT2D eigenvalue weighted by Gasteiger charge is 2.02. The molecule has 0 amide bonds. The number of esters is 1. The molecule has 1 N–H and O–H groups in total. The molecule has 0 bridgehead atoms. The van der Waals surface area contributed by atoms with E-state index in [0.29, 0.717) is 5.57 Å². The van der Waals surface area contributed by atoms with Crippen LogP contribution < -0.4 is 5.32 Å². The Labute approximate surface area is 89.1 Å². The standard InChI is InChI=1S/C12H13NO2/c1-3-15-12(14)10(2)9-13-11-7-5-4-6-8-11/h3-9,13H,1H2,2H3. The molecule has 0 radical (unpaired) electrons. The van der Waals surface area contributed by atoms with Gasteiger partial charge < -0.3 is 10.1 Å². The third kappa shape index (κ3) is 3.68. The van der Waals surface area contributed by atoms with Gasteiger partial charge in [-0.15, -0.1) is 0 Å². The second kappa shape index (κ2) is 5.65. The van der Waals surface area contributed by atoms with E-state index in [1.165, 1.54) is 0 Å². The first-order valence-electron chi connectivity index (χ1n) is 4.54. The fourth-order valence-electron chi connectivity index (χ4n) is 0.954. The maximum Gasteiger partial charge on any atom is 0.339 e. The number of ether oxygens (including phenoxy) is 1. The van der Waals surface area contributed by atoms with Gasteiger partial charge in [-0.25, -0.2) is 4.79 Å². The predicted molar refractivity (Wildman–Crippen MR) is 60.1 cm³/mol. The van der Waals surface area contributed by atoms with Crippen molar-refractivity contribution in [3.05, 3.63) is 54.9 Å². The molecular weight excluding hydrogens is 190 g/mol. The number of nitrogens with one attached hydrogen (secondary N) is 1. The Balaban J connectivity index is 2.58. The largest absolute Gasteiger partial charge is 0.432 e. The zero-order chi connectivity index (χ0) is 11.1. The van der Waals surface area contributed by atoms with E-state index in [9.17, 15) is 4.79 Å². The van der Waals surface area contributed by atoms with E-state index < -0.39 is 5.97 Å². The van der Waals surface area contributed by atoms with E-state index >= 15 is 0 Å². The Hall–Kier alpha value is -2.03. The van der Waals surface area contributed by atoms with Crippen LogP contribution in [0.1, 0.15) is 6.92 Å². The van der Waals surface area contributed by atoms with Crippen molar-refractivity contribution in [3.63, 3.8) is 0 Å². The van der Waals surface area contributed by atoms with Crippen molar-refractivity contribution in [1.29, 1.82) is 0 Å². The minimum Gasteiger partial charge on any atom is -0.432 e. The van der Waals surface area contributed by atoms with Gasteiger partial charge in [0.2, 0.25) is 0 Å². The van der Waals surface area contributed by atoms with Crippen molar-refractivity contribution in [1.82, 2.24) is 0 Å². The number of para-hydroxylation sites is 1.